The molecule has 1 aliphatic heterocycles. The van der Waals surface area contributed by atoms with Gasteiger partial charge in [-0.05, 0) is 24.6 Å². The standard InChI is InChI=1S/C13H14N2O3/c1-9(16)8-10-2-4-11(5-3-10)15-7-6-14-12(17)13(15)18/h2-5H,6-8H2,1H3,(H,14,17). The molecule has 1 N–H and O–H groups in total. The summed E-state index contributed by atoms with van der Waals surface area (Å²) < 4.78 is 0. The minimum absolute atomic E-state index is 0.0937. The van der Waals surface area contributed by atoms with E-state index in [-0.39, 0.29) is 5.78 Å². The Morgan fingerprint density at radius 3 is 2.56 bits per heavy atom. The monoisotopic (exact) mass is 246 g/mol. The van der Waals surface area contributed by atoms with Crippen LogP contribution in [0.4, 0.5) is 5.69 Å². The molecule has 94 valence electrons. The number of anilines is 1. The predicted octanol–water partition coefficient (Wildman–Crippen LogP) is 0.281. The van der Waals surface area contributed by atoms with Crippen LogP contribution < -0.4 is 10.2 Å². The van der Waals surface area contributed by atoms with Gasteiger partial charge < -0.3 is 10.2 Å². The van der Waals surface area contributed by atoms with Crippen molar-refractivity contribution in [2.24, 2.45) is 0 Å². The summed E-state index contributed by atoms with van der Waals surface area (Å²) in [5.74, 6) is -1.02. The zero-order valence-electron chi connectivity index (χ0n) is 10.1. The van der Waals surface area contributed by atoms with Crippen molar-refractivity contribution in [2.45, 2.75) is 13.3 Å². The third-order valence-corrected chi connectivity index (χ3v) is 2.76. The van der Waals surface area contributed by atoms with Crippen molar-refractivity contribution in [3.63, 3.8) is 0 Å². The topological polar surface area (TPSA) is 66.5 Å². The van der Waals surface area contributed by atoms with Crippen molar-refractivity contribution in [1.82, 2.24) is 5.32 Å². The van der Waals surface area contributed by atoms with E-state index >= 15 is 0 Å². The van der Waals surface area contributed by atoms with Gasteiger partial charge in [-0.15, -0.1) is 0 Å². The summed E-state index contributed by atoms with van der Waals surface area (Å²) in [5.41, 5.74) is 1.59. The van der Waals surface area contributed by atoms with Crippen LogP contribution in [0.25, 0.3) is 0 Å². The highest BCUT2D eigenvalue weighted by molar-refractivity contribution is 6.41. The first-order valence-corrected chi connectivity index (χ1v) is 5.76. The molecule has 5 heteroatoms. The van der Waals surface area contributed by atoms with Crippen molar-refractivity contribution >= 4 is 23.3 Å². The largest absolute Gasteiger partial charge is 0.346 e. The maximum absolute atomic E-state index is 11.6. The van der Waals surface area contributed by atoms with E-state index in [1.54, 1.807) is 24.3 Å². The Bertz CT molecular complexity index is 493. The molecular weight excluding hydrogens is 232 g/mol. The molecule has 0 spiro atoms. The second-order valence-electron chi connectivity index (χ2n) is 4.26. The van der Waals surface area contributed by atoms with Crippen molar-refractivity contribution < 1.29 is 14.4 Å². The number of benzene rings is 1. The van der Waals surface area contributed by atoms with Crippen molar-refractivity contribution in [3.05, 3.63) is 29.8 Å². The van der Waals surface area contributed by atoms with Crippen LogP contribution in [0.1, 0.15) is 12.5 Å². The van der Waals surface area contributed by atoms with Crippen LogP contribution >= 0.6 is 0 Å². The fourth-order valence-electron chi connectivity index (χ4n) is 1.91. The lowest BCUT2D eigenvalue weighted by Crippen LogP contribution is -2.52. The van der Waals surface area contributed by atoms with Gasteiger partial charge in [0.15, 0.2) is 0 Å². The van der Waals surface area contributed by atoms with Gasteiger partial charge in [-0.3, -0.25) is 14.4 Å². The number of hydrogen-bond donors (Lipinski definition) is 1. The molecule has 0 unspecified atom stereocenters. The van der Waals surface area contributed by atoms with E-state index in [0.29, 0.717) is 25.2 Å². The number of hydrogen-bond acceptors (Lipinski definition) is 3. The Morgan fingerprint density at radius 1 is 1.28 bits per heavy atom. The minimum atomic E-state index is -0.575. The Kier molecular flexibility index (Phi) is 3.41. The van der Waals surface area contributed by atoms with Crippen molar-refractivity contribution in [2.75, 3.05) is 18.0 Å². The van der Waals surface area contributed by atoms with Gasteiger partial charge in [-0.25, -0.2) is 0 Å². The molecule has 1 aliphatic rings. The van der Waals surface area contributed by atoms with E-state index in [2.05, 4.69) is 5.32 Å². The summed E-state index contributed by atoms with van der Waals surface area (Å²) in [7, 11) is 0. The van der Waals surface area contributed by atoms with Crippen LogP contribution in [-0.4, -0.2) is 30.7 Å². The van der Waals surface area contributed by atoms with E-state index in [9.17, 15) is 14.4 Å². The molecule has 1 fully saturated rings. The van der Waals surface area contributed by atoms with E-state index in [1.807, 2.05) is 0 Å². The maximum Gasteiger partial charge on any atom is 0.316 e. The molecule has 1 saturated heterocycles. The Morgan fingerprint density at radius 2 is 1.94 bits per heavy atom. The van der Waals surface area contributed by atoms with Gasteiger partial charge in [0.1, 0.15) is 5.78 Å². The number of rotatable bonds is 3. The molecule has 0 bridgehead atoms. The smallest absolute Gasteiger partial charge is 0.316 e. The minimum Gasteiger partial charge on any atom is -0.346 e. The Balaban J connectivity index is 2.16. The molecular formula is C13H14N2O3. The zero-order chi connectivity index (χ0) is 13.1. The zero-order valence-corrected chi connectivity index (χ0v) is 10.1. The molecule has 18 heavy (non-hydrogen) atoms. The SMILES string of the molecule is CC(=O)Cc1ccc(N2CCNC(=O)C2=O)cc1. The molecule has 0 aliphatic carbocycles. The summed E-state index contributed by atoms with van der Waals surface area (Å²) in [6.45, 7) is 2.46. The normalized spacial score (nSPS) is 15.5. The lowest BCUT2D eigenvalue weighted by molar-refractivity contribution is -0.138. The molecule has 2 amide bonds. The number of Topliss-reactive ketones (excluding diaryl/α,β-unsaturated/α-hetero) is 1. The highest BCUT2D eigenvalue weighted by atomic mass is 16.2. The third-order valence-electron chi connectivity index (χ3n) is 2.76. The maximum atomic E-state index is 11.6. The number of amides is 2. The van der Waals surface area contributed by atoms with Crippen molar-refractivity contribution in [1.29, 1.82) is 0 Å². The highest BCUT2D eigenvalue weighted by Crippen LogP contribution is 2.17. The fourth-order valence-corrected chi connectivity index (χ4v) is 1.91. The van der Waals surface area contributed by atoms with E-state index in [1.165, 1.54) is 11.8 Å². The molecule has 2 rings (SSSR count). The average Bonchev–Trinajstić information content (AvgIpc) is 2.33. The third kappa shape index (κ3) is 2.56. The molecule has 0 aromatic heterocycles. The summed E-state index contributed by atoms with van der Waals surface area (Å²) in [5, 5.41) is 2.49. The highest BCUT2D eigenvalue weighted by Gasteiger charge is 2.26. The number of nitrogens with one attached hydrogen (secondary N) is 1. The van der Waals surface area contributed by atoms with Gasteiger partial charge in [-0.1, -0.05) is 12.1 Å². The van der Waals surface area contributed by atoms with Gasteiger partial charge in [0, 0.05) is 25.2 Å². The first kappa shape index (κ1) is 12.3. The molecule has 1 heterocycles. The number of nitrogens with zero attached hydrogens (tertiary/aromatic N) is 1. The van der Waals surface area contributed by atoms with Crippen LogP contribution in [0.3, 0.4) is 0 Å². The average molecular weight is 246 g/mol. The van der Waals surface area contributed by atoms with E-state index in [4.69, 9.17) is 0 Å². The summed E-state index contributed by atoms with van der Waals surface area (Å²) >= 11 is 0. The molecule has 1 aromatic rings. The number of piperazine rings is 1. The number of carbonyl (C=O) groups is 3. The van der Waals surface area contributed by atoms with Gasteiger partial charge in [0.25, 0.3) is 0 Å². The van der Waals surface area contributed by atoms with Gasteiger partial charge in [0.2, 0.25) is 0 Å². The Labute approximate surface area is 105 Å². The Hall–Kier alpha value is -2.17. The van der Waals surface area contributed by atoms with Crippen LogP contribution in [0.2, 0.25) is 0 Å². The molecule has 5 nitrogen and oxygen atoms in total. The quantitative estimate of drug-likeness (QED) is 0.779. The lowest BCUT2D eigenvalue weighted by atomic mass is 10.1. The van der Waals surface area contributed by atoms with Crippen LogP contribution in [0.15, 0.2) is 24.3 Å². The molecule has 0 radical (unpaired) electrons. The van der Waals surface area contributed by atoms with Crippen LogP contribution in [0, 0.1) is 0 Å². The first-order chi connectivity index (χ1) is 8.58. The first-order valence-electron chi connectivity index (χ1n) is 5.76. The summed E-state index contributed by atoms with van der Waals surface area (Å²) in [6.07, 6.45) is 0.384. The second-order valence-corrected chi connectivity index (χ2v) is 4.26. The van der Waals surface area contributed by atoms with Gasteiger partial charge in [0.05, 0.1) is 0 Å². The van der Waals surface area contributed by atoms with Gasteiger partial charge in [-0.2, -0.15) is 0 Å². The van der Waals surface area contributed by atoms with Crippen molar-refractivity contribution in [3.8, 4) is 0 Å². The summed E-state index contributed by atoms with van der Waals surface area (Å²) in [4.78, 5) is 35.3. The van der Waals surface area contributed by atoms with Crippen LogP contribution in [-0.2, 0) is 20.8 Å². The fraction of sp³-hybridized carbons (Fsp3) is 0.308. The van der Waals surface area contributed by atoms with Crippen LogP contribution in [0.5, 0.6) is 0 Å². The van der Waals surface area contributed by atoms with Gasteiger partial charge >= 0.3 is 11.8 Å². The molecule has 0 atom stereocenters. The number of carbonyl (C=O) groups excluding carboxylic acids is 3. The van der Waals surface area contributed by atoms with E-state index in [0.717, 1.165) is 5.56 Å². The predicted molar refractivity (Wildman–Crippen MR) is 66.2 cm³/mol. The lowest BCUT2D eigenvalue weighted by Gasteiger charge is -2.26. The molecule has 1 aromatic carbocycles. The van der Waals surface area contributed by atoms with E-state index < -0.39 is 11.8 Å². The second kappa shape index (κ2) is 5.00. The molecule has 0 saturated carbocycles. The summed E-state index contributed by atoms with van der Waals surface area (Å²) in [6, 6.07) is 7.12. The number of ketones is 1.